The number of carbonyl (C=O) groups is 1. The standard InChI is InChI=1S/C11H12F3NO4S/c1-10(2,9(15)16)7-3-5-8(6-4-7)19-20(17,18)11(12,13)14/h3-6H,1-2H3,(H2,15,16). The van der Waals surface area contributed by atoms with Crippen LogP contribution in [0.3, 0.4) is 0 Å². The average molecular weight is 311 g/mol. The van der Waals surface area contributed by atoms with Crippen molar-refractivity contribution >= 4 is 16.0 Å². The maximum Gasteiger partial charge on any atom is 0.534 e. The second-order valence-electron chi connectivity index (χ2n) is 4.50. The summed E-state index contributed by atoms with van der Waals surface area (Å²) in [4.78, 5) is 11.2. The number of primary amides is 1. The lowest BCUT2D eigenvalue weighted by molar-refractivity contribution is -0.122. The fourth-order valence-corrected chi connectivity index (χ4v) is 1.70. The molecule has 1 rings (SSSR count). The van der Waals surface area contributed by atoms with Crippen molar-refractivity contribution in [2.45, 2.75) is 24.8 Å². The van der Waals surface area contributed by atoms with Gasteiger partial charge in [0.05, 0.1) is 5.41 Å². The lowest BCUT2D eigenvalue weighted by Crippen LogP contribution is -2.35. The van der Waals surface area contributed by atoms with Gasteiger partial charge in [-0.3, -0.25) is 4.79 Å². The van der Waals surface area contributed by atoms with Crippen molar-refractivity contribution in [1.29, 1.82) is 0 Å². The van der Waals surface area contributed by atoms with Gasteiger partial charge < -0.3 is 9.92 Å². The molecule has 0 aliphatic carbocycles. The quantitative estimate of drug-likeness (QED) is 0.677. The molecule has 5 nitrogen and oxygen atoms in total. The smallest absolute Gasteiger partial charge is 0.376 e. The Kier molecular flexibility index (Phi) is 4.04. The minimum absolute atomic E-state index is 0.418. The molecular formula is C11H12F3NO4S. The summed E-state index contributed by atoms with van der Waals surface area (Å²) in [5.41, 5.74) is -0.939. The van der Waals surface area contributed by atoms with Crippen molar-refractivity contribution in [2.24, 2.45) is 5.73 Å². The molecule has 0 radical (unpaired) electrons. The Morgan fingerprint density at radius 3 is 1.95 bits per heavy atom. The molecular weight excluding hydrogens is 299 g/mol. The Balaban J connectivity index is 3.03. The Bertz CT molecular complexity index is 606. The summed E-state index contributed by atoms with van der Waals surface area (Å²) in [6.07, 6.45) is 0. The van der Waals surface area contributed by atoms with Gasteiger partial charge >= 0.3 is 15.6 Å². The normalized spacial score (nSPS) is 13.1. The van der Waals surface area contributed by atoms with Crippen LogP contribution in [0.5, 0.6) is 5.75 Å². The molecule has 0 spiro atoms. The Morgan fingerprint density at radius 1 is 1.15 bits per heavy atom. The predicted molar refractivity (Wildman–Crippen MR) is 64.3 cm³/mol. The Labute approximate surface area is 113 Å². The van der Waals surface area contributed by atoms with Crippen LogP contribution >= 0.6 is 0 Å². The number of hydrogen-bond acceptors (Lipinski definition) is 4. The highest BCUT2D eigenvalue weighted by Crippen LogP contribution is 2.29. The lowest BCUT2D eigenvalue weighted by atomic mass is 9.84. The van der Waals surface area contributed by atoms with E-state index in [-0.39, 0.29) is 0 Å². The number of benzene rings is 1. The van der Waals surface area contributed by atoms with Gasteiger partial charge in [0.1, 0.15) is 5.75 Å². The van der Waals surface area contributed by atoms with Gasteiger partial charge in [0.25, 0.3) is 0 Å². The highest BCUT2D eigenvalue weighted by molar-refractivity contribution is 7.87. The van der Waals surface area contributed by atoms with E-state index in [0.29, 0.717) is 5.56 Å². The molecule has 0 saturated heterocycles. The molecule has 0 unspecified atom stereocenters. The summed E-state index contributed by atoms with van der Waals surface area (Å²) in [5.74, 6) is -1.14. The van der Waals surface area contributed by atoms with Crippen LogP contribution in [0, 0.1) is 0 Å². The van der Waals surface area contributed by atoms with E-state index in [2.05, 4.69) is 4.18 Å². The van der Waals surface area contributed by atoms with E-state index in [0.717, 1.165) is 12.1 Å². The molecule has 112 valence electrons. The number of halogens is 3. The molecule has 2 N–H and O–H groups in total. The van der Waals surface area contributed by atoms with E-state index in [4.69, 9.17) is 5.73 Å². The molecule has 0 atom stereocenters. The lowest BCUT2D eigenvalue weighted by Gasteiger charge is -2.21. The van der Waals surface area contributed by atoms with Gasteiger partial charge in [0, 0.05) is 0 Å². The third-order valence-electron chi connectivity index (χ3n) is 2.68. The van der Waals surface area contributed by atoms with Gasteiger partial charge in [-0.15, -0.1) is 0 Å². The molecule has 1 aromatic carbocycles. The van der Waals surface area contributed by atoms with Crippen LogP contribution in [-0.2, 0) is 20.3 Å². The Hall–Kier alpha value is -1.77. The fraction of sp³-hybridized carbons (Fsp3) is 0.364. The van der Waals surface area contributed by atoms with Crippen molar-refractivity contribution in [3.8, 4) is 5.75 Å². The van der Waals surface area contributed by atoms with E-state index in [1.165, 1.54) is 26.0 Å². The third-order valence-corrected chi connectivity index (χ3v) is 3.66. The van der Waals surface area contributed by atoms with Crippen LogP contribution in [-0.4, -0.2) is 19.8 Å². The molecule has 9 heteroatoms. The number of amides is 1. The number of rotatable bonds is 4. The minimum atomic E-state index is -5.71. The van der Waals surface area contributed by atoms with E-state index in [9.17, 15) is 26.4 Å². The first-order valence-electron chi connectivity index (χ1n) is 5.29. The van der Waals surface area contributed by atoms with Crippen molar-refractivity contribution in [1.82, 2.24) is 0 Å². The number of carbonyl (C=O) groups excluding carboxylic acids is 1. The van der Waals surface area contributed by atoms with Gasteiger partial charge in [0.2, 0.25) is 5.91 Å². The zero-order chi connectivity index (χ0) is 15.8. The summed E-state index contributed by atoms with van der Waals surface area (Å²) >= 11 is 0. The topological polar surface area (TPSA) is 86.5 Å². The Morgan fingerprint density at radius 2 is 1.60 bits per heavy atom. The van der Waals surface area contributed by atoms with Crippen molar-refractivity contribution < 1.29 is 30.6 Å². The number of alkyl halides is 3. The van der Waals surface area contributed by atoms with E-state index >= 15 is 0 Å². The highest BCUT2D eigenvalue weighted by atomic mass is 32.2. The summed E-state index contributed by atoms with van der Waals surface area (Å²) in [6.45, 7) is 3.05. The van der Waals surface area contributed by atoms with Crippen LogP contribution < -0.4 is 9.92 Å². The van der Waals surface area contributed by atoms with Gasteiger partial charge in [-0.1, -0.05) is 12.1 Å². The molecule has 0 aliphatic rings. The summed E-state index contributed by atoms with van der Waals surface area (Å²) in [5, 5.41) is 0. The first-order chi connectivity index (χ1) is 8.88. The molecule has 20 heavy (non-hydrogen) atoms. The monoisotopic (exact) mass is 311 g/mol. The summed E-state index contributed by atoms with van der Waals surface area (Å²) in [6, 6.07) is 4.57. The molecule has 0 fully saturated rings. The zero-order valence-corrected chi connectivity index (χ0v) is 11.4. The van der Waals surface area contributed by atoms with Crippen LogP contribution in [0.25, 0.3) is 0 Å². The maximum atomic E-state index is 12.1. The first-order valence-corrected chi connectivity index (χ1v) is 6.70. The first kappa shape index (κ1) is 16.3. The maximum absolute atomic E-state index is 12.1. The van der Waals surface area contributed by atoms with Gasteiger partial charge in [-0.2, -0.15) is 21.6 Å². The van der Waals surface area contributed by atoms with Crippen LogP contribution in [0.1, 0.15) is 19.4 Å². The fourth-order valence-electron chi connectivity index (χ4n) is 1.24. The largest absolute Gasteiger partial charge is 0.534 e. The summed E-state index contributed by atoms with van der Waals surface area (Å²) < 4.78 is 61.9. The summed E-state index contributed by atoms with van der Waals surface area (Å²) in [7, 11) is -5.71. The van der Waals surface area contributed by atoms with Crippen LogP contribution in [0.15, 0.2) is 24.3 Å². The van der Waals surface area contributed by atoms with E-state index in [1.54, 1.807) is 0 Å². The predicted octanol–water partition coefficient (Wildman–Crippen LogP) is 1.68. The SMILES string of the molecule is CC(C)(C(N)=O)c1ccc(OS(=O)(=O)C(F)(F)F)cc1. The highest BCUT2D eigenvalue weighted by Gasteiger charge is 2.48. The van der Waals surface area contributed by atoms with Crippen molar-refractivity contribution in [3.63, 3.8) is 0 Å². The van der Waals surface area contributed by atoms with Crippen molar-refractivity contribution in [2.75, 3.05) is 0 Å². The van der Waals surface area contributed by atoms with Crippen molar-refractivity contribution in [3.05, 3.63) is 29.8 Å². The molecule has 0 heterocycles. The molecule has 1 amide bonds. The van der Waals surface area contributed by atoms with Crippen LogP contribution in [0.2, 0.25) is 0 Å². The second-order valence-corrected chi connectivity index (χ2v) is 6.03. The number of hydrogen-bond donors (Lipinski definition) is 1. The van der Waals surface area contributed by atoms with Crippen LogP contribution in [0.4, 0.5) is 13.2 Å². The van der Waals surface area contributed by atoms with Gasteiger partial charge in [0.15, 0.2) is 0 Å². The molecule has 0 saturated carbocycles. The molecule has 0 bridgehead atoms. The molecule has 0 aromatic heterocycles. The average Bonchev–Trinajstić information content (AvgIpc) is 2.27. The third kappa shape index (κ3) is 3.21. The number of nitrogens with two attached hydrogens (primary N) is 1. The minimum Gasteiger partial charge on any atom is -0.376 e. The zero-order valence-electron chi connectivity index (χ0n) is 10.6. The molecule has 0 aliphatic heterocycles. The molecule has 1 aromatic rings. The second kappa shape index (κ2) is 4.97. The van der Waals surface area contributed by atoms with Gasteiger partial charge in [-0.05, 0) is 31.5 Å². The van der Waals surface area contributed by atoms with Gasteiger partial charge in [-0.25, -0.2) is 0 Å². The van der Waals surface area contributed by atoms with E-state index < -0.39 is 32.7 Å². The van der Waals surface area contributed by atoms with E-state index in [1.807, 2.05) is 0 Å².